The third-order valence-electron chi connectivity index (χ3n) is 1.01. The van der Waals surface area contributed by atoms with E-state index in [2.05, 4.69) is 16.8 Å². The van der Waals surface area contributed by atoms with Crippen molar-refractivity contribution in [1.29, 1.82) is 0 Å². The molecule has 1 amide bonds. The van der Waals surface area contributed by atoms with Gasteiger partial charge >= 0.3 is 0 Å². The lowest BCUT2D eigenvalue weighted by atomic mass is 10.3. The van der Waals surface area contributed by atoms with Crippen molar-refractivity contribution in [2.24, 2.45) is 5.73 Å². The molecule has 1 heterocycles. The number of amides is 1. The second-order valence-electron chi connectivity index (χ2n) is 1.85. The van der Waals surface area contributed by atoms with Crippen LogP contribution in [0.5, 0.6) is 0 Å². The Kier molecular flexibility index (Phi) is 2.24. The number of rotatable bonds is 0. The van der Waals surface area contributed by atoms with Gasteiger partial charge in [0.1, 0.15) is 0 Å². The van der Waals surface area contributed by atoms with Crippen LogP contribution in [0.2, 0.25) is 0 Å². The molecule has 2 N–H and O–H groups in total. The van der Waals surface area contributed by atoms with E-state index in [-0.39, 0.29) is 0 Å². The Balaban J connectivity index is 2.83. The molecule has 1 aromatic heterocycles. The van der Waals surface area contributed by atoms with Crippen LogP contribution in [0.3, 0.4) is 0 Å². The third-order valence-corrected chi connectivity index (χ3v) is 1.01. The summed E-state index contributed by atoms with van der Waals surface area (Å²) in [5.74, 6) is 4.18. The van der Waals surface area contributed by atoms with E-state index >= 15 is 0 Å². The number of carbonyl (C=O) groups is 1. The molecule has 3 heteroatoms. The summed E-state index contributed by atoms with van der Waals surface area (Å²) < 4.78 is 0. The molecule has 0 unspecified atom stereocenters. The number of nitrogens with zero attached hydrogens (tertiary/aromatic N) is 1. The van der Waals surface area contributed by atoms with Gasteiger partial charge in [-0.3, -0.25) is 9.78 Å². The summed E-state index contributed by atoms with van der Waals surface area (Å²) in [6.45, 7) is 0. The van der Waals surface area contributed by atoms with Crippen molar-refractivity contribution in [3.8, 4) is 11.8 Å². The summed E-state index contributed by atoms with van der Waals surface area (Å²) in [7, 11) is 0. The highest BCUT2D eigenvalue weighted by Crippen LogP contribution is 1.90. The van der Waals surface area contributed by atoms with Gasteiger partial charge in [-0.05, 0) is 18.1 Å². The molecule has 0 saturated carbocycles. The minimum absolute atomic E-state index is 0.623. The van der Waals surface area contributed by atoms with E-state index in [0.717, 1.165) is 5.56 Å². The molecule has 0 spiro atoms. The van der Waals surface area contributed by atoms with Crippen LogP contribution in [0.1, 0.15) is 5.56 Å². The number of pyridine rings is 1. The first-order valence-corrected chi connectivity index (χ1v) is 3.00. The molecule has 0 radical (unpaired) electrons. The van der Waals surface area contributed by atoms with Crippen LogP contribution in [0, 0.1) is 11.8 Å². The molecule has 54 valence electrons. The van der Waals surface area contributed by atoms with Crippen LogP contribution >= 0.6 is 0 Å². The molecule has 11 heavy (non-hydrogen) atoms. The average molecular weight is 146 g/mol. The van der Waals surface area contributed by atoms with Gasteiger partial charge in [-0.15, -0.1) is 0 Å². The van der Waals surface area contributed by atoms with Crippen LogP contribution in [0.15, 0.2) is 24.5 Å². The fourth-order valence-corrected chi connectivity index (χ4v) is 0.569. The molecular formula is C8H6N2O. The maximum Gasteiger partial charge on any atom is 0.293 e. The molecule has 0 saturated heterocycles. The van der Waals surface area contributed by atoms with Crippen molar-refractivity contribution in [3.63, 3.8) is 0 Å². The van der Waals surface area contributed by atoms with E-state index in [1.165, 1.54) is 0 Å². The number of aromatic nitrogens is 1. The highest BCUT2D eigenvalue weighted by Gasteiger charge is 1.83. The fraction of sp³-hybridized carbons (Fsp3) is 0. The fourth-order valence-electron chi connectivity index (χ4n) is 0.569. The van der Waals surface area contributed by atoms with Crippen molar-refractivity contribution < 1.29 is 4.79 Å². The quantitative estimate of drug-likeness (QED) is 0.520. The molecule has 3 nitrogen and oxygen atoms in total. The smallest absolute Gasteiger partial charge is 0.293 e. The lowest BCUT2D eigenvalue weighted by Gasteiger charge is -1.83. The maximum atomic E-state index is 10.2. The predicted octanol–water partition coefficient (Wildman–Crippen LogP) is -0.0816. The number of hydrogen-bond acceptors (Lipinski definition) is 2. The minimum Gasteiger partial charge on any atom is -0.359 e. The molecular weight excluding hydrogens is 140 g/mol. The van der Waals surface area contributed by atoms with Gasteiger partial charge in [0.25, 0.3) is 5.91 Å². The summed E-state index contributed by atoms with van der Waals surface area (Å²) in [5.41, 5.74) is 5.55. The molecule has 0 aromatic carbocycles. The number of carbonyl (C=O) groups excluding carboxylic acids is 1. The highest BCUT2D eigenvalue weighted by atomic mass is 16.1. The average Bonchev–Trinajstić information content (AvgIpc) is 2.03. The van der Waals surface area contributed by atoms with E-state index in [1.807, 2.05) is 0 Å². The second-order valence-corrected chi connectivity index (χ2v) is 1.85. The van der Waals surface area contributed by atoms with E-state index in [0.29, 0.717) is 0 Å². The molecule has 1 aromatic rings. The minimum atomic E-state index is -0.623. The van der Waals surface area contributed by atoms with E-state index < -0.39 is 5.91 Å². The zero-order chi connectivity index (χ0) is 8.10. The van der Waals surface area contributed by atoms with Crippen molar-refractivity contribution in [2.75, 3.05) is 0 Å². The van der Waals surface area contributed by atoms with Crippen molar-refractivity contribution in [1.82, 2.24) is 4.98 Å². The second kappa shape index (κ2) is 3.37. The van der Waals surface area contributed by atoms with Gasteiger partial charge in [0.05, 0.1) is 0 Å². The van der Waals surface area contributed by atoms with E-state index in [1.54, 1.807) is 24.5 Å². The molecule has 0 atom stereocenters. The van der Waals surface area contributed by atoms with Crippen LogP contribution in [0.4, 0.5) is 0 Å². The monoisotopic (exact) mass is 146 g/mol. The van der Waals surface area contributed by atoms with E-state index in [4.69, 9.17) is 5.73 Å². The van der Waals surface area contributed by atoms with Crippen LogP contribution in [-0.2, 0) is 4.79 Å². The SMILES string of the molecule is NC(=O)C#Cc1ccncc1. The number of primary amides is 1. The summed E-state index contributed by atoms with van der Waals surface area (Å²) in [6.07, 6.45) is 3.20. The zero-order valence-corrected chi connectivity index (χ0v) is 5.74. The van der Waals surface area contributed by atoms with E-state index in [9.17, 15) is 4.79 Å². The highest BCUT2D eigenvalue weighted by molar-refractivity contribution is 5.92. The summed E-state index contributed by atoms with van der Waals surface area (Å²) in [4.78, 5) is 14.0. The first-order chi connectivity index (χ1) is 5.29. The molecule has 0 aliphatic rings. The predicted molar refractivity (Wildman–Crippen MR) is 40.3 cm³/mol. The Morgan fingerprint density at radius 2 is 2.09 bits per heavy atom. The Bertz CT molecular complexity index is 308. The summed E-state index contributed by atoms with van der Waals surface area (Å²) in [5, 5.41) is 0. The number of hydrogen-bond donors (Lipinski definition) is 1. The third kappa shape index (κ3) is 2.50. The van der Waals surface area contributed by atoms with Gasteiger partial charge in [-0.25, -0.2) is 0 Å². The maximum absolute atomic E-state index is 10.2. The van der Waals surface area contributed by atoms with Crippen LogP contribution < -0.4 is 5.73 Å². The van der Waals surface area contributed by atoms with Gasteiger partial charge in [0, 0.05) is 18.0 Å². The molecule has 0 fully saturated rings. The Morgan fingerprint density at radius 3 is 2.64 bits per heavy atom. The van der Waals surface area contributed by atoms with Crippen molar-refractivity contribution in [3.05, 3.63) is 30.1 Å². The largest absolute Gasteiger partial charge is 0.359 e. The van der Waals surface area contributed by atoms with Crippen molar-refractivity contribution >= 4 is 5.91 Å². The van der Waals surface area contributed by atoms with Crippen LogP contribution in [-0.4, -0.2) is 10.9 Å². The molecule has 1 rings (SSSR count). The Hall–Kier alpha value is -1.82. The molecule has 0 aliphatic heterocycles. The summed E-state index contributed by atoms with van der Waals surface area (Å²) >= 11 is 0. The Labute approximate surface area is 64.2 Å². The van der Waals surface area contributed by atoms with Crippen molar-refractivity contribution in [2.45, 2.75) is 0 Å². The van der Waals surface area contributed by atoms with Gasteiger partial charge in [-0.2, -0.15) is 0 Å². The van der Waals surface area contributed by atoms with Gasteiger partial charge < -0.3 is 5.73 Å². The first kappa shape index (κ1) is 7.29. The molecule has 0 bridgehead atoms. The lowest BCUT2D eigenvalue weighted by Crippen LogP contribution is -2.06. The number of nitrogens with two attached hydrogens (primary N) is 1. The summed E-state index contributed by atoms with van der Waals surface area (Å²) in [6, 6.07) is 3.41. The van der Waals surface area contributed by atoms with Gasteiger partial charge in [0.15, 0.2) is 0 Å². The van der Waals surface area contributed by atoms with Gasteiger partial charge in [-0.1, -0.05) is 5.92 Å². The lowest BCUT2D eigenvalue weighted by molar-refractivity contribution is -0.112. The first-order valence-electron chi connectivity index (χ1n) is 3.00. The topological polar surface area (TPSA) is 56.0 Å². The van der Waals surface area contributed by atoms with Crippen LogP contribution in [0.25, 0.3) is 0 Å². The molecule has 0 aliphatic carbocycles. The standard InChI is InChI=1S/C8H6N2O/c9-8(11)2-1-7-3-5-10-6-4-7/h3-6H,(H2,9,11). The Morgan fingerprint density at radius 1 is 1.45 bits per heavy atom. The zero-order valence-electron chi connectivity index (χ0n) is 5.74. The normalized spacial score (nSPS) is 8.00. The van der Waals surface area contributed by atoms with Gasteiger partial charge in [0.2, 0.25) is 0 Å².